The van der Waals surface area contributed by atoms with Crippen molar-refractivity contribution < 1.29 is 14.1 Å². The van der Waals surface area contributed by atoms with Gasteiger partial charge in [-0.15, -0.1) is 0 Å². The van der Waals surface area contributed by atoms with Crippen LogP contribution in [0.3, 0.4) is 0 Å². The van der Waals surface area contributed by atoms with Gasteiger partial charge in [0.1, 0.15) is 17.9 Å². The number of fused-ring (bicyclic) bond motifs is 2. The maximum Gasteiger partial charge on any atom is 0.282 e. The predicted molar refractivity (Wildman–Crippen MR) is 163 cm³/mol. The highest BCUT2D eigenvalue weighted by Gasteiger charge is 2.17. The third-order valence-corrected chi connectivity index (χ3v) is 7.45. The molecule has 0 aliphatic carbocycles. The number of hydrogen-bond donors (Lipinski definition) is 0. The minimum atomic E-state index is -0.445. The molecule has 202 valence electrons. The quantitative estimate of drug-likeness (QED) is 0.0975. The van der Waals surface area contributed by atoms with Crippen LogP contribution in [-0.4, -0.2) is 20.8 Å². The number of non-ortho nitro benzene ring substituents is 1. The summed E-state index contributed by atoms with van der Waals surface area (Å²) in [6.45, 7) is 0.210. The van der Waals surface area contributed by atoms with Crippen molar-refractivity contribution in [3.63, 3.8) is 0 Å². The molecule has 2 aromatic heterocycles. The van der Waals surface area contributed by atoms with Gasteiger partial charge in [0.25, 0.3) is 11.2 Å². The van der Waals surface area contributed by atoms with E-state index < -0.39 is 4.92 Å². The number of hydrogen-bond acceptors (Lipinski definition) is 7. The van der Waals surface area contributed by atoms with Crippen molar-refractivity contribution >= 4 is 65.6 Å². The highest BCUT2D eigenvalue weighted by atomic mass is 79.9. The topological polar surface area (TPSA) is 113 Å². The molecule has 0 spiro atoms. The van der Waals surface area contributed by atoms with Crippen LogP contribution < -0.4 is 10.3 Å². The third kappa shape index (κ3) is 5.41. The van der Waals surface area contributed by atoms with E-state index in [1.54, 1.807) is 48.7 Å². The number of furan rings is 1. The molecule has 2 heterocycles. The van der Waals surface area contributed by atoms with Gasteiger partial charge in [-0.2, -0.15) is 9.78 Å². The van der Waals surface area contributed by atoms with Gasteiger partial charge in [-0.3, -0.25) is 14.9 Å². The first kappa shape index (κ1) is 26.6. The van der Waals surface area contributed by atoms with E-state index in [1.165, 1.54) is 16.8 Å². The molecule has 0 bridgehead atoms. The van der Waals surface area contributed by atoms with Crippen LogP contribution in [0.15, 0.2) is 114 Å². The zero-order valence-corrected chi connectivity index (χ0v) is 24.2. The molecule has 0 saturated heterocycles. The molecule has 9 nitrogen and oxygen atoms in total. The van der Waals surface area contributed by atoms with Gasteiger partial charge in [-0.1, -0.05) is 30.3 Å². The van der Waals surface area contributed by atoms with Crippen LogP contribution in [0.25, 0.3) is 33.5 Å². The molecule has 0 radical (unpaired) electrons. The molecule has 0 saturated carbocycles. The van der Waals surface area contributed by atoms with Crippen LogP contribution in [0.2, 0.25) is 0 Å². The van der Waals surface area contributed by atoms with E-state index in [2.05, 4.69) is 37.0 Å². The van der Waals surface area contributed by atoms with Crippen LogP contribution in [0, 0.1) is 10.1 Å². The van der Waals surface area contributed by atoms with E-state index in [0.717, 1.165) is 10.9 Å². The number of nitro groups is 1. The van der Waals surface area contributed by atoms with Gasteiger partial charge in [0.15, 0.2) is 5.76 Å². The second kappa shape index (κ2) is 11.1. The Kier molecular flexibility index (Phi) is 7.21. The summed E-state index contributed by atoms with van der Waals surface area (Å²) >= 11 is 7.09. The Morgan fingerprint density at radius 3 is 2.41 bits per heavy atom. The maximum absolute atomic E-state index is 13.5. The lowest BCUT2D eigenvalue weighted by atomic mass is 10.2. The second-order valence-corrected chi connectivity index (χ2v) is 10.7. The summed E-state index contributed by atoms with van der Waals surface area (Å²) in [5.41, 5.74) is 2.37. The average molecular weight is 674 g/mol. The van der Waals surface area contributed by atoms with E-state index in [9.17, 15) is 14.9 Å². The van der Waals surface area contributed by atoms with E-state index in [0.29, 0.717) is 42.5 Å². The highest BCUT2D eigenvalue weighted by Crippen LogP contribution is 2.35. The van der Waals surface area contributed by atoms with Crippen molar-refractivity contribution in [1.82, 2.24) is 9.66 Å². The standard InChI is InChI=1S/C30H18Br2N4O5/c31-23-13-19(14-24(32)28(23)40-17-18-9-11-21(12-10-18)36(38)39)16-33-35-29(27-15-20-5-1-4-8-26(20)41-27)34-25-7-3-2-6-22(25)30(35)37/h1-16H,17H2. The molecule has 0 N–H and O–H groups in total. The smallest absolute Gasteiger partial charge is 0.282 e. The van der Waals surface area contributed by atoms with Crippen molar-refractivity contribution in [2.24, 2.45) is 5.10 Å². The van der Waals surface area contributed by atoms with Crippen molar-refractivity contribution in [3.8, 4) is 17.3 Å². The fraction of sp³-hybridized carbons (Fsp3) is 0.0333. The lowest BCUT2D eigenvalue weighted by Crippen LogP contribution is -2.20. The van der Waals surface area contributed by atoms with Crippen molar-refractivity contribution in [2.45, 2.75) is 6.61 Å². The SMILES string of the molecule is O=c1c2ccccc2nc(-c2cc3ccccc3o2)n1N=Cc1cc(Br)c(OCc2ccc([N+](=O)[O-])cc2)c(Br)c1. The molecular formula is C30H18Br2N4O5. The molecule has 0 amide bonds. The van der Waals surface area contributed by atoms with Crippen molar-refractivity contribution in [2.75, 3.05) is 0 Å². The van der Waals surface area contributed by atoms with E-state index >= 15 is 0 Å². The fourth-order valence-electron chi connectivity index (χ4n) is 4.27. The number of ether oxygens (including phenoxy) is 1. The molecule has 0 aliphatic rings. The van der Waals surface area contributed by atoms with Gasteiger partial charge >= 0.3 is 0 Å². The van der Waals surface area contributed by atoms with E-state index in [1.807, 2.05) is 36.4 Å². The molecule has 6 rings (SSSR count). The Morgan fingerprint density at radius 1 is 0.976 bits per heavy atom. The molecule has 0 atom stereocenters. The third-order valence-electron chi connectivity index (χ3n) is 6.27. The summed E-state index contributed by atoms with van der Waals surface area (Å²) in [4.78, 5) is 28.7. The monoisotopic (exact) mass is 672 g/mol. The Hall–Kier alpha value is -4.61. The Bertz CT molecular complexity index is 1980. The largest absolute Gasteiger partial charge is 0.487 e. The number of benzene rings is 4. The zero-order valence-electron chi connectivity index (χ0n) is 21.0. The van der Waals surface area contributed by atoms with Gasteiger partial charge < -0.3 is 9.15 Å². The number of halogens is 2. The predicted octanol–water partition coefficient (Wildman–Crippen LogP) is 7.70. The molecular weight excluding hydrogens is 656 g/mol. The summed E-state index contributed by atoms with van der Waals surface area (Å²) in [7, 11) is 0. The van der Waals surface area contributed by atoms with Crippen LogP contribution in [0.5, 0.6) is 5.75 Å². The lowest BCUT2D eigenvalue weighted by molar-refractivity contribution is -0.384. The lowest BCUT2D eigenvalue weighted by Gasteiger charge is -2.11. The number of rotatable bonds is 7. The number of nitro benzene ring substituents is 1. The van der Waals surface area contributed by atoms with Gasteiger partial charge in [-0.25, -0.2) is 4.98 Å². The van der Waals surface area contributed by atoms with Crippen molar-refractivity contribution in [3.05, 3.63) is 132 Å². The summed E-state index contributed by atoms with van der Waals surface area (Å²) in [5, 5.41) is 16.7. The maximum atomic E-state index is 13.5. The Morgan fingerprint density at radius 2 is 1.68 bits per heavy atom. The summed E-state index contributed by atoms with van der Waals surface area (Å²) in [6, 6.07) is 26.3. The molecule has 0 aliphatic heterocycles. The van der Waals surface area contributed by atoms with Gasteiger partial charge in [-0.05, 0) is 91.5 Å². The molecule has 0 fully saturated rings. The first-order valence-electron chi connectivity index (χ1n) is 12.3. The van der Waals surface area contributed by atoms with Crippen LogP contribution in [-0.2, 0) is 6.61 Å². The second-order valence-electron chi connectivity index (χ2n) is 8.99. The normalized spacial score (nSPS) is 11.5. The van der Waals surface area contributed by atoms with Gasteiger partial charge in [0.2, 0.25) is 5.82 Å². The summed E-state index contributed by atoms with van der Waals surface area (Å²) in [5.74, 6) is 1.25. The van der Waals surface area contributed by atoms with Crippen LogP contribution in [0.1, 0.15) is 11.1 Å². The molecule has 41 heavy (non-hydrogen) atoms. The Labute approximate surface area is 249 Å². The number of aromatic nitrogens is 2. The van der Waals surface area contributed by atoms with Crippen molar-refractivity contribution in [1.29, 1.82) is 0 Å². The fourth-order valence-corrected chi connectivity index (χ4v) is 5.72. The summed E-state index contributed by atoms with van der Waals surface area (Å²) < 4.78 is 14.5. The van der Waals surface area contributed by atoms with Gasteiger partial charge in [0, 0.05) is 17.5 Å². The molecule has 11 heteroatoms. The Balaban J connectivity index is 1.33. The minimum absolute atomic E-state index is 0.0175. The zero-order chi connectivity index (χ0) is 28.5. The average Bonchev–Trinajstić information content (AvgIpc) is 3.41. The van der Waals surface area contributed by atoms with Crippen LogP contribution in [0.4, 0.5) is 5.69 Å². The first-order chi connectivity index (χ1) is 19.9. The first-order valence-corrected chi connectivity index (χ1v) is 13.9. The van der Waals surface area contributed by atoms with E-state index in [4.69, 9.17) is 14.1 Å². The van der Waals surface area contributed by atoms with E-state index in [-0.39, 0.29) is 23.7 Å². The van der Waals surface area contributed by atoms with Gasteiger partial charge in [0.05, 0.1) is 31.0 Å². The molecule has 6 aromatic rings. The molecule has 0 unspecified atom stereocenters. The molecule has 4 aromatic carbocycles. The minimum Gasteiger partial charge on any atom is -0.487 e. The number of nitrogens with zero attached hydrogens (tertiary/aromatic N) is 4. The highest BCUT2D eigenvalue weighted by molar-refractivity contribution is 9.11. The summed E-state index contributed by atoms with van der Waals surface area (Å²) in [6.07, 6.45) is 1.56. The van der Waals surface area contributed by atoms with Crippen LogP contribution >= 0.6 is 31.9 Å². The number of para-hydroxylation sites is 2.